The summed E-state index contributed by atoms with van der Waals surface area (Å²) in [6, 6.07) is 10.7. The van der Waals surface area contributed by atoms with Crippen LogP contribution in [0.3, 0.4) is 0 Å². The zero-order valence-electron chi connectivity index (χ0n) is 13.0. The van der Waals surface area contributed by atoms with Gasteiger partial charge >= 0.3 is 0 Å². The number of para-hydroxylation sites is 1. The number of rotatable bonds is 3. The lowest BCUT2D eigenvalue weighted by atomic mass is 9.74. The molecule has 6 heteroatoms. The number of thiazole rings is 1. The largest absolute Gasteiger partial charge is 0.359 e. The minimum absolute atomic E-state index is 0.0495. The van der Waals surface area contributed by atoms with Gasteiger partial charge in [0, 0.05) is 17.8 Å². The molecule has 24 heavy (non-hydrogen) atoms. The molecular weight excluding hydrogens is 320 g/mol. The predicted octanol–water partition coefficient (Wildman–Crippen LogP) is 3.54. The van der Waals surface area contributed by atoms with Gasteiger partial charge in [0.2, 0.25) is 5.91 Å². The lowest BCUT2D eigenvalue weighted by Crippen LogP contribution is -2.34. The summed E-state index contributed by atoms with van der Waals surface area (Å²) in [7, 11) is 0. The number of carbonyl (C=O) groups excluding carboxylic acids is 1. The highest BCUT2D eigenvalue weighted by atomic mass is 32.1. The second-order valence-electron chi connectivity index (χ2n) is 6.45. The Morgan fingerprint density at radius 2 is 2.08 bits per heavy atom. The third-order valence-corrected chi connectivity index (χ3v) is 5.85. The van der Waals surface area contributed by atoms with Crippen LogP contribution in [-0.4, -0.2) is 21.9 Å². The number of hydrogen-bond acceptors (Lipinski definition) is 5. The van der Waals surface area contributed by atoms with E-state index >= 15 is 0 Å². The maximum absolute atomic E-state index is 11.6. The Morgan fingerprint density at radius 1 is 1.21 bits per heavy atom. The molecule has 0 radical (unpaired) electrons. The van der Waals surface area contributed by atoms with Crippen molar-refractivity contribution in [2.45, 2.75) is 31.2 Å². The van der Waals surface area contributed by atoms with Gasteiger partial charge < -0.3 is 10.6 Å². The number of hydrogen-bond donors (Lipinski definition) is 2. The Balaban J connectivity index is 1.29. The lowest BCUT2D eigenvalue weighted by molar-refractivity contribution is -0.115. The fraction of sp³-hybridized carbons (Fsp3) is 0.278. The van der Waals surface area contributed by atoms with Crippen LogP contribution in [0.4, 0.5) is 10.9 Å². The van der Waals surface area contributed by atoms with Crippen molar-refractivity contribution in [2.24, 2.45) is 0 Å². The molecule has 2 aliphatic rings. The number of anilines is 2. The van der Waals surface area contributed by atoms with E-state index in [1.165, 1.54) is 10.3 Å². The normalized spacial score (nSPS) is 22.1. The van der Waals surface area contributed by atoms with E-state index in [-0.39, 0.29) is 5.91 Å². The molecule has 3 aromatic rings. The standard InChI is InChI=1S/C18H16N4OS/c23-16-9-13-12(5-6-19-17(13)22-16)10-7-11(8-10)20-18-21-14-3-1-2-4-15(14)24-18/h1-6,10-11H,7-9H2,(H,20,21)(H,19,22,23). The molecule has 3 heterocycles. The monoisotopic (exact) mass is 336 g/mol. The van der Waals surface area contributed by atoms with Crippen LogP contribution in [0.2, 0.25) is 0 Å². The van der Waals surface area contributed by atoms with E-state index in [1.54, 1.807) is 17.5 Å². The topological polar surface area (TPSA) is 66.9 Å². The van der Waals surface area contributed by atoms with E-state index in [0.717, 1.165) is 34.9 Å². The summed E-state index contributed by atoms with van der Waals surface area (Å²) < 4.78 is 1.22. The van der Waals surface area contributed by atoms with Crippen molar-refractivity contribution in [3.63, 3.8) is 0 Å². The van der Waals surface area contributed by atoms with Crippen molar-refractivity contribution in [3.05, 3.63) is 47.7 Å². The van der Waals surface area contributed by atoms with Gasteiger partial charge in [-0.25, -0.2) is 9.97 Å². The zero-order valence-corrected chi connectivity index (χ0v) is 13.8. The van der Waals surface area contributed by atoms with Gasteiger partial charge in [0.05, 0.1) is 16.6 Å². The molecule has 1 fully saturated rings. The van der Waals surface area contributed by atoms with Gasteiger partial charge in [-0.1, -0.05) is 23.5 Å². The molecule has 0 bridgehead atoms. The summed E-state index contributed by atoms with van der Waals surface area (Å²) >= 11 is 1.71. The average molecular weight is 336 g/mol. The number of amides is 1. The minimum atomic E-state index is 0.0495. The molecule has 120 valence electrons. The van der Waals surface area contributed by atoms with E-state index in [0.29, 0.717) is 18.4 Å². The van der Waals surface area contributed by atoms with Crippen LogP contribution in [-0.2, 0) is 11.2 Å². The minimum Gasteiger partial charge on any atom is -0.359 e. The Morgan fingerprint density at radius 3 is 2.96 bits per heavy atom. The Hall–Kier alpha value is -2.47. The van der Waals surface area contributed by atoms with Gasteiger partial charge in [-0.15, -0.1) is 0 Å². The highest BCUT2D eigenvalue weighted by Crippen LogP contribution is 2.42. The molecule has 2 aromatic heterocycles. The third kappa shape index (κ3) is 2.26. The molecule has 1 aliphatic heterocycles. The number of carbonyl (C=O) groups is 1. The first kappa shape index (κ1) is 13.9. The van der Waals surface area contributed by atoms with Crippen molar-refractivity contribution >= 4 is 38.4 Å². The Labute approximate surface area is 143 Å². The van der Waals surface area contributed by atoms with Crippen molar-refractivity contribution in [1.29, 1.82) is 0 Å². The summed E-state index contributed by atoms with van der Waals surface area (Å²) in [6.45, 7) is 0. The second-order valence-corrected chi connectivity index (χ2v) is 7.48. The van der Waals surface area contributed by atoms with Crippen molar-refractivity contribution in [3.8, 4) is 0 Å². The number of nitrogens with zero attached hydrogens (tertiary/aromatic N) is 2. The molecule has 1 aromatic carbocycles. The molecule has 2 N–H and O–H groups in total. The highest BCUT2D eigenvalue weighted by Gasteiger charge is 2.34. The van der Waals surface area contributed by atoms with E-state index in [1.807, 2.05) is 18.2 Å². The van der Waals surface area contributed by atoms with Gasteiger partial charge in [0.25, 0.3) is 0 Å². The first-order valence-electron chi connectivity index (χ1n) is 8.16. The Bertz CT molecular complexity index is 912. The third-order valence-electron chi connectivity index (χ3n) is 4.89. The van der Waals surface area contributed by atoms with E-state index in [4.69, 9.17) is 0 Å². The fourth-order valence-electron chi connectivity index (χ4n) is 3.62. The SMILES string of the molecule is O=C1Cc2c(C3CC(Nc4nc5ccccc5s4)C3)ccnc2N1. The smallest absolute Gasteiger partial charge is 0.230 e. The van der Waals surface area contributed by atoms with Gasteiger partial charge in [0.15, 0.2) is 5.13 Å². The predicted molar refractivity (Wildman–Crippen MR) is 95.6 cm³/mol. The summed E-state index contributed by atoms with van der Waals surface area (Å²) in [6.07, 6.45) is 4.40. The number of fused-ring (bicyclic) bond motifs is 2. The maximum Gasteiger partial charge on any atom is 0.230 e. The van der Waals surface area contributed by atoms with Crippen LogP contribution in [0, 0.1) is 0 Å². The zero-order chi connectivity index (χ0) is 16.1. The molecule has 1 aliphatic carbocycles. The molecule has 0 spiro atoms. The number of nitrogens with one attached hydrogen (secondary N) is 2. The number of benzene rings is 1. The molecule has 0 atom stereocenters. The van der Waals surface area contributed by atoms with E-state index in [9.17, 15) is 4.79 Å². The molecule has 1 saturated carbocycles. The van der Waals surface area contributed by atoms with E-state index in [2.05, 4.69) is 32.7 Å². The van der Waals surface area contributed by atoms with Crippen LogP contribution >= 0.6 is 11.3 Å². The van der Waals surface area contributed by atoms with Gasteiger partial charge in [-0.2, -0.15) is 0 Å². The summed E-state index contributed by atoms with van der Waals surface area (Å²) in [5, 5.41) is 7.38. The van der Waals surface area contributed by atoms with Gasteiger partial charge in [-0.05, 0) is 42.5 Å². The first-order chi connectivity index (χ1) is 11.8. The fourth-order valence-corrected chi connectivity index (χ4v) is 4.56. The van der Waals surface area contributed by atoms with Gasteiger partial charge in [-0.3, -0.25) is 4.79 Å². The second kappa shape index (κ2) is 5.27. The van der Waals surface area contributed by atoms with Gasteiger partial charge in [0.1, 0.15) is 5.82 Å². The highest BCUT2D eigenvalue weighted by molar-refractivity contribution is 7.22. The molecule has 0 saturated heterocycles. The Kier molecular flexibility index (Phi) is 3.06. The molecule has 1 amide bonds. The quantitative estimate of drug-likeness (QED) is 0.768. The van der Waals surface area contributed by atoms with Crippen molar-refractivity contribution in [2.75, 3.05) is 10.6 Å². The van der Waals surface area contributed by atoms with Crippen LogP contribution < -0.4 is 10.6 Å². The molecule has 0 unspecified atom stereocenters. The van der Waals surface area contributed by atoms with Crippen LogP contribution in [0.5, 0.6) is 0 Å². The summed E-state index contributed by atoms with van der Waals surface area (Å²) in [5.74, 6) is 1.30. The number of pyridine rings is 1. The maximum atomic E-state index is 11.6. The van der Waals surface area contributed by atoms with Crippen molar-refractivity contribution in [1.82, 2.24) is 9.97 Å². The van der Waals surface area contributed by atoms with Crippen LogP contribution in [0.1, 0.15) is 29.9 Å². The molecule has 5 nitrogen and oxygen atoms in total. The molecular formula is C18H16N4OS. The number of aromatic nitrogens is 2. The first-order valence-corrected chi connectivity index (χ1v) is 8.97. The van der Waals surface area contributed by atoms with Crippen LogP contribution in [0.15, 0.2) is 36.5 Å². The lowest BCUT2D eigenvalue weighted by Gasteiger charge is -2.36. The average Bonchev–Trinajstić information content (AvgIpc) is 3.11. The molecule has 5 rings (SSSR count). The summed E-state index contributed by atoms with van der Waals surface area (Å²) in [5.41, 5.74) is 3.42. The van der Waals surface area contributed by atoms with Crippen molar-refractivity contribution < 1.29 is 4.79 Å². The van der Waals surface area contributed by atoms with E-state index < -0.39 is 0 Å². The summed E-state index contributed by atoms with van der Waals surface area (Å²) in [4.78, 5) is 20.5. The van der Waals surface area contributed by atoms with Crippen LogP contribution in [0.25, 0.3) is 10.2 Å².